The zero-order valence-corrected chi connectivity index (χ0v) is 15.1. The van der Waals surface area contributed by atoms with E-state index in [0.717, 1.165) is 57.4 Å². The minimum absolute atomic E-state index is 0.0348. The van der Waals surface area contributed by atoms with Crippen molar-refractivity contribution in [2.45, 2.75) is 43.7 Å². The van der Waals surface area contributed by atoms with Gasteiger partial charge in [-0.3, -0.25) is 0 Å². The van der Waals surface area contributed by atoms with Crippen LogP contribution in [0.25, 0.3) is 0 Å². The maximum atomic E-state index is 13.0. The van der Waals surface area contributed by atoms with Crippen LogP contribution in [0.4, 0.5) is 9.18 Å². The topological polar surface area (TPSA) is 50.8 Å². The molecule has 0 bridgehead atoms. The van der Waals surface area contributed by atoms with Crippen molar-refractivity contribution in [2.24, 2.45) is 5.92 Å². The molecular weight excluding hydrogens is 335 g/mol. The van der Waals surface area contributed by atoms with E-state index in [0.29, 0.717) is 19.1 Å². The minimum Gasteiger partial charge on any atom is -0.378 e. The highest BCUT2D eigenvalue weighted by Crippen LogP contribution is 2.33. The van der Waals surface area contributed by atoms with Crippen molar-refractivity contribution in [1.29, 1.82) is 0 Å². The number of nitrogens with one attached hydrogen (secondary N) is 1. The van der Waals surface area contributed by atoms with Crippen molar-refractivity contribution in [2.75, 3.05) is 32.9 Å². The van der Waals surface area contributed by atoms with Gasteiger partial charge >= 0.3 is 6.03 Å². The van der Waals surface area contributed by atoms with Gasteiger partial charge in [-0.1, -0.05) is 12.1 Å². The Kier molecular flexibility index (Phi) is 5.14. The Labute approximate surface area is 153 Å². The summed E-state index contributed by atoms with van der Waals surface area (Å²) in [5.41, 5.74) is 0.943. The smallest absolute Gasteiger partial charge is 0.317 e. The van der Waals surface area contributed by atoms with Crippen LogP contribution < -0.4 is 5.32 Å². The van der Waals surface area contributed by atoms with Crippen LogP contribution in [0.2, 0.25) is 0 Å². The molecule has 3 atom stereocenters. The van der Waals surface area contributed by atoms with Gasteiger partial charge < -0.3 is 19.7 Å². The van der Waals surface area contributed by atoms with Gasteiger partial charge in [0.15, 0.2) is 0 Å². The summed E-state index contributed by atoms with van der Waals surface area (Å²) in [5, 5.41) is 3.21. The van der Waals surface area contributed by atoms with Crippen LogP contribution in [0.1, 0.15) is 31.2 Å². The predicted octanol–water partition coefficient (Wildman–Crippen LogP) is 2.74. The lowest BCUT2D eigenvalue weighted by Crippen LogP contribution is -2.51. The summed E-state index contributed by atoms with van der Waals surface area (Å²) in [6.07, 6.45) is 4.51. The second kappa shape index (κ2) is 7.53. The van der Waals surface area contributed by atoms with Crippen molar-refractivity contribution in [3.63, 3.8) is 0 Å². The van der Waals surface area contributed by atoms with E-state index in [4.69, 9.17) is 9.47 Å². The van der Waals surface area contributed by atoms with Gasteiger partial charge in [-0.15, -0.1) is 0 Å². The van der Waals surface area contributed by atoms with Gasteiger partial charge in [0.05, 0.1) is 12.2 Å². The number of urea groups is 1. The molecule has 1 N–H and O–H groups in total. The lowest BCUT2D eigenvalue weighted by atomic mass is 9.90. The van der Waals surface area contributed by atoms with Gasteiger partial charge in [0.25, 0.3) is 0 Å². The van der Waals surface area contributed by atoms with Crippen molar-refractivity contribution < 1.29 is 18.7 Å². The van der Waals surface area contributed by atoms with Crippen LogP contribution in [-0.2, 0) is 15.9 Å². The third kappa shape index (κ3) is 4.01. The molecule has 6 heteroatoms. The molecule has 1 aromatic carbocycles. The molecule has 0 aromatic heterocycles. The number of hydrogen-bond donors (Lipinski definition) is 1. The lowest BCUT2D eigenvalue weighted by Gasteiger charge is -2.37. The molecule has 5 nitrogen and oxygen atoms in total. The van der Waals surface area contributed by atoms with Crippen molar-refractivity contribution >= 4 is 6.03 Å². The number of amides is 2. The molecule has 3 unspecified atom stereocenters. The molecule has 4 rings (SSSR count). The van der Waals surface area contributed by atoms with Gasteiger partial charge in [-0.05, 0) is 49.3 Å². The van der Waals surface area contributed by atoms with Crippen LogP contribution in [0.3, 0.4) is 0 Å². The normalized spacial score (nSPS) is 31.5. The van der Waals surface area contributed by atoms with Gasteiger partial charge in [0, 0.05) is 38.8 Å². The second-order valence-electron chi connectivity index (χ2n) is 7.90. The summed E-state index contributed by atoms with van der Waals surface area (Å²) < 4.78 is 24.5. The summed E-state index contributed by atoms with van der Waals surface area (Å²) in [5.74, 6) is 0.235. The zero-order valence-electron chi connectivity index (χ0n) is 15.1. The SMILES string of the molecule is O=C(NC1CCOC2(CCOC2)C1)N1CCC(Cc2ccc(F)cc2)C1. The second-order valence-corrected chi connectivity index (χ2v) is 7.90. The third-order valence-corrected chi connectivity index (χ3v) is 5.90. The predicted molar refractivity (Wildman–Crippen MR) is 95.5 cm³/mol. The quantitative estimate of drug-likeness (QED) is 0.900. The number of hydrogen-bond acceptors (Lipinski definition) is 3. The first-order valence-corrected chi connectivity index (χ1v) is 9.63. The number of rotatable bonds is 3. The summed E-state index contributed by atoms with van der Waals surface area (Å²) in [4.78, 5) is 14.6. The fourth-order valence-electron chi connectivity index (χ4n) is 4.42. The largest absolute Gasteiger partial charge is 0.378 e. The van der Waals surface area contributed by atoms with Crippen LogP contribution in [0.15, 0.2) is 24.3 Å². The molecule has 26 heavy (non-hydrogen) atoms. The summed E-state index contributed by atoms with van der Waals surface area (Å²) in [6.45, 7) is 3.62. The van der Waals surface area contributed by atoms with Gasteiger partial charge in [-0.2, -0.15) is 0 Å². The summed E-state index contributed by atoms with van der Waals surface area (Å²) >= 11 is 0. The number of likely N-dealkylation sites (tertiary alicyclic amines) is 1. The van der Waals surface area contributed by atoms with Crippen molar-refractivity contribution in [3.8, 4) is 0 Å². The van der Waals surface area contributed by atoms with Crippen LogP contribution in [-0.4, -0.2) is 55.5 Å². The van der Waals surface area contributed by atoms with Crippen LogP contribution >= 0.6 is 0 Å². The van der Waals surface area contributed by atoms with Crippen molar-refractivity contribution in [1.82, 2.24) is 10.2 Å². The van der Waals surface area contributed by atoms with E-state index < -0.39 is 0 Å². The Hall–Kier alpha value is -1.66. The standard InChI is InChI=1S/C20H27FN2O3/c21-17-3-1-15(2-4-17)11-16-5-8-23(13-16)19(24)22-18-6-9-26-20(12-18)7-10-25-14-20/h1-4,16,18H,5-14H2,(H,22,24). The molecule has 3 aliphatic rings. The summed E-state index contributed by atoms with van der Waals surface area (Å²) in [7, 11) is 0. The monoisotopic (exact) mass is 362 g/mol. The molecule has 0 saturated carbocycles. The van der Waals surface area contributed by atoms with Gasteiger partial charge in [-0.25, -0.2) is 9.18 Å². The maximum Gasteiger partial charge on any atom is 0.317 e. The van der Waals surface area contributed by atoms with E-state index in [1.165, 1.54) is 12.1 Å². The molecule has 3 heterocycles. The van der Waals surface area contributed by atoms with E-state index in [2.05, 4.69) is 5.32 Å². The van der Waals surface area contributed by atoms with Gasteiger partial charge in [0.1, 0.15) is 5.82 Å². The molecule has 142 valence electrons. The first-order chi connectivity index (χ1) is 12.6. The molecule has 1 aromatic rings. The molecule has 3 fully saturated rings. The zero-order chi connectivity index (χ0) is 18.0. The lowest BCUT2D eigenvalue weighted by molar-refractivity contribution is -0.0881. The third-order valence-electron chi connectivity index (χ3n) is 5.90. The van der Waals surface area contributed by atoms with Crippen LogP contribution in [0, 0.1) is 11.7 Å². The van der Waals surface area contributed by atoms with Gasteiger partial charge in [0.2, 0.25) is 0 Å². The van der Waals surface area contributed by atoms with E-state index in [9.17, 15) is 9.18 Å². The number of ether oxygens (including phenoxy) is 2. The van der Waals surface area contributed by atoms with E-state index >= 15 is 0 Å². The molecule has 3 aliphatic heterocycles. The Morgan fingerprint density at radius 3 is 2.88 bits per heavy atom. The number of halogens is 1. The molecule has 2 amide bonds. The number of carbonyl (C=O) groups is 1. The first kappa shape index (κ1) is 17.7. The fourth-order valence-corrected chi connectivity index (χ4v) is 4.42. The highest BCUT2D eigenvalue weighted by Gasteiger charge is 2.41. The molecular formula is C20H27FN2O3. The van der Waals surface area contributed by atoms with E-state index in [-0.39, 0.29) is 23.5 Å². The Morgan fingerprint density at radius 2 is 2.12 bits per heavy atom. The molecule has 3 saturated heterocycles. The fraction of sp³-hybridized carbons (Fsp3) is 0.650. The Bertz CT molecular complexity index is 630. The summed E-state index contributed by atoms with van der Waals surface area (Å²) in [6, 6.07) is 6.87. The molecule has 0 aliphatic carbocycles. The van der Waals surface area contributed by atoms with E-state index in [1.54, 1.807) is 0 Å². The first-order valence-electron chi connectivity index (χ1n) is 9.63. The van der Waals surface area contributed by atoms with Crippen molar-refractivity contribution in [3.05, 3.63) is 35.6 Å². The number of nitrogens with zero attached hydrogens (tertiary/aromatic N) is 1. The van der Waals surface area contributed by atoms with E-state index in [1.807, 2.05) is 17.0 Å². The Morgan fingerprint density at radius 1 is 1.27 bits per heavy atom. The Balaban J connectivity index is 1.27. The minimum atomic E-state index is -0.205. The maximum absolute atomic E-state index is 13.0. The van der Waals surface area contributed by atoms with Crippen LogP contribution in [0.5, 0.6) is 0 Å². The number of carbonyl (C=O) groups excluding carboxylic acids is 1. The molecule has 0 radical (unpaired) electrons. The average Bonchev–Trinajstić information content (AvgIpc) is 3.27. The highest BCUT2D eigenvalue weighted by atomic mass is 19.1. The average molecular weight is 362 g/mol. The highest BCUT2D eigenvalue weighted by molar-refractivity contribution is 5.74. The number of benzene rings is 1. The molecule has 1 spiro atoms.